The molecule has 1 atom stereocenters. The van der Waals surface area contributed by atoms with Crippen molar-refractivity contribution in [3.8, 4) is 0 Å². The van der Waals surface area contributed by atoms with Crippen molar-refractivity contribution in [1.82, 2.24) is 19.0 Å². The molecule has 8 nitrogen and oxygen atoms in total. The lowest BCUT2D eigenvalue weighted by Gasteiger charge is -2.38. The van der Waals surface area contributed by atoms with Crippen LogP contribution in [0.3, 0.4) is 0 Å². The number of hydrogen-bond acceptors (Lipinski definition) is 5. The molecular weight excluding hydrogens is 380 g/mol. The van der Waals surface area contributed by atoms with Gasteiger partial charge in [-0.15, -0.1) is 0 Å². The van der Waals surface area contributed by atoms with E-state index in [0.717, 1.165) is 38.8 Å². The van der Waals surface area contributed by atoms with E-state index in [2.05, 4.69) is 4.90 Å². The van der Waals surface area contributed by atoms with Gasteiger partial charge in [-0.2, -0.15) is 0 Å². The molecule has 1 unspecified atom stereocenters. The van der Waals surface area contributed by atoms with Gasteiger partial charge in [0.05, 0.1) is 18.2 Å². The molecule has 0 radical (unpaired) electrons. The Hall–Kier alpha value is -1.19. The summed E-state index contributed by atoms with van der Waals surface area (Å²) in [5.74, 6) is 0.180. The monoisotopic (exact) mass is 414 g/mol. The summed E-state index contributed by atoms with van der Waals surface area (Å²) in [5, 5.41) is 0. The van der Waals surface area contributed by atoms with Gasteiger partial charge in [-0.05, 0) is 32.1 Å². The Morgan fingerprint density at radius 3 is 2.21 bits per heavy atom. The molecule has 3 aliphatic rings. The van der Waals surface area contributed by atoms with Crippen LogP contribution in [0.5, 0.6) is 0 Å². The highest BCUT2D eigenvalue weighted by atomic mass is 32.2. The van der Waals surface area contributed by atoms with E-state index >= 15 is 0 Å². The molecule has 3 saturated heterocycles. The van der Waals surface area contributed by atoms with Crippen LogP contribution in [0, 0.1) is 5.92 Å². The number of amides is 2. The average Bonchev–Trinajstić information content (AvgIpc) is 3.23. The van der Waals surface area contributed by atoms with E-state index in [0.29, 0.717) is 52.2 Å². The van der Waals surface area contributed by atoms with Gasteiger partial charge in [0, 0.05) is 52.4 Å². The van der Waals surface area contributed by atoms with Crippen molar-refractivity contribution in [2.75, 3.05) is 64.7 Å². The molecule has 0 N–H and O–H groups in total. The largest absolute Gasteiger partial charge is 0.342 e. The number of carbonyl (C=O) groups excluding carboxylic acids is 2. The van der Waals surface area contributed by atoms with E-state index in [1.807, 2.05) is 16.7 Å². The van der Waals surface area contributed by atoms with Crippen molar-refractivity contribution in [3.63, 3.8) is 0 Å². The molecule has 0 aromatic heterocycles. The van der Waals surface area contributed by atoms with Crippen molar-refractivity contribution < 1.29 is 18.0 Å². The maximum Gasteiger partial charge on any atom is 0.236 e. The van der Waals surface area contributed by atoms with Crippen LogP contribution in [-0.2, 0) is 19.6 Å². The third-order valence-corrected chi connectivity index (χ3v) is 8.13. The van der Waals surface area contributed by atoms with Gasteiger partial charge in [0.25, 0.3) is 0 Å². The minimum atomic E-state index is -3.25. The number of hydrogen-bond donors (Lipinski definition) is 0. The molecule has 0 spiro atoms. The first-order valence-corrected chi connectivity index (χ1v) is 12.3. The zero-order valence-electron chi connectivity index (χ0n) is 17.0. The van der Waals surface area contributed by atoms with E-state index in [4.69, 9.17) is 0 Å². The second-order valence-electron chi connectivity index (χ2n) is 8.20. The standard InChI is InChI=1S/C19H34N4O4S/c1-2-14-28(26,27)23-9-5-6-17(15-23)19(25)22-12-10-20(11-13-22)16-18(24)21-7-3-4-8-21/h17H,2-16H2,1H3. The fraction of sp³-hybridized carbons (Fsp3) is 0.895. The van der Waals surface area contributed by atoms with Gasteiger partial charge in [0.2, 0.25) is 21.8 Å². The van der Waals surface area contributed by atoms with Crippen LogP contribution in [0.1, 0.15) is 39.0 Å². The third kappa shape index (κ3) is 5.24. The predicted molar refractivity (Wildman–Crippen MR) is 107 cm³/mol. The predicted octanol–water partition coefficient (Wildman–Crippen LogP) is 0.205. The molecule has 0 saturated carbocycles. The van der Waals surface area contributed by atoms with Crippen molar-refractivity contribution >= 4 is 21.8 Å². The molecule has 0 aromatic carbocycles. The van der Waals surface area contributed by atoms with Gasteiger partial charge in [0.15, 0.2) is 0 Å². The summed E-state index contributed by atoms with van der Waals surface area (Å²) in [6.07, 6.45) is 4.28. The van der Waals surface area contributed by atoms with Crippen LogP contribution in [0.2, 0.25) is 0 Å². The van der Waals surface area contributed by atoms with Crippen LogP contribution in [0.25, 0.3) is 0 Å². The van der Waals surface area contributed by atoms with Crippen LogP contribution in [-0.4, -0.2) is 104 Å². The van der Waals surface area contributed by atoms with Gasteiger partial charge in [-0.25, -0.2) is 12.7 Å². The van der Waals surface area contributed by atoms with Crippen LogP contribution >= 0.6 is 0 Å². The molecule has 3 heterocycles. The lowest BCUT2D eigenvalue weighted by atomic mass is 9.98. The Kier molecular flexibility index (Phi) is 7.33. The second kappa shape index (κ2) is 9.54. The number of rotatable bonds is 6. The van der Waals surface area contributed by atoms with Crippen molar-refractivity contribution in [1.29, 1.82) is 0 Å². The normalized spacial score (nSPS) is 25.2. The lowest BCUT2D eigenvalue weighted by Crippen LogP contribution is -2.54. The number of likely N-dealkylation sites (tertiary alicyclic amines) is 1. The quantitative estimate of drug-likeness (QED) is 0.620. The van der Waals surface area contributed by atoms with Crippen LogP contribution < -0.4 is 0 Å². The zero-order chi connectivity index (χ0) is 20.1. The minimum Gasteiger partial charge on any atom is -0.342 e. The molecular formula is C19H34N4O4S. The first-order chi connectivity index (χ1) is 13.4. The number of piperidine rings is 1. The Morgan fingerprint density at radius 2 is 1.57 bits per heavy atom. The Bertz CT molecular complexity index is 655. The maximum absolute atomic E-state index is 12.9. The minimum absolute atomic E-state index is 0.0712. The number of sulfonamides is 1. The van der Waals surface area contributed by atoms with E-state index in [1.54, 1.807) is 0 Å². The van der Waals surface area contributed by atoms with E-state index in [1.165, 1.54) is 4.31 Å². The first-order valence-electron chi connectivity index (χ1n) is 10.7. The SMILES string of the molecule is CCCS(=O)(=O)N1CCCC(C(=O)N2CCN(CC(=O)N3CCCC3)CC2)C1. The highest BCUT2D eigenvalue weighted by molar-refractivity contribution is 7.89. The summed E-state index contributed by atoms with van der Waals surface area (Å²) in [6.45, 7) is 7.52. The van der Waals surface area contributed by atoms with Gasteiger partial charge >= 0.3 is 0 Å². The fourth-order valence-electron chi connectivity index (χ4n) is 4.43. The average molecular weight is 415 g/mol. The molecule has 0 aliphatic carbocycles. The van der Waals surface area contributed by atoms with Crippen LogP contribution in [0.15, 0.2) is 0 Å². The molecule has 0 aromatic rings. The fourth-order valence-corrected chi connectivity index (χ4v) is 6.01. The van der Waals surface area contributed by atoms with Gasteiger partial charge < -0.3 is 9.80 Å². The summed E-state index contributed by atoms with van der Waals surface area (Å²) < 4.78 is 26.2. The second-order valence-corrected chi connectivity index (χ2v) is 10.3. The number of piperazine rings is 1. The summed E-state index contributed by atoms with van der Waals surface area (Å²) >= 11 is 0. The molecule has 2 amide bonds. The summed E-state index contributed by atoms with van der Waals surface area (Å²) in [6, 6.07) is 0. The number of carbonyl (C=O) groups is 2. The highest BCUT2D eigenvalue weighted by Crippen LogP contribution is 2.22. The summed E-state index contributed by atoms with van der Waals surface area (Å²) in [5.41, 5.74) is 0. The van der Waals surface area contributed by atoms with Crippen molar-refractivity contribution in [2.24, 2.45) is 5.92 Å². The van der Waals surface area contributed by atoms with E-state index < -0.39 is 10.0 Å². The van der Waals surface area contributed by atoms with E-state index in [-0.39, 0.29) is 23.5 Å². The zero-order valence-corrected chi connectivity index (χ0v) is 17.8. The van der Waals surface area contributed by atoms with E-state index in [9.17, 15) is 18.0 Å². The smallest absolute Gasteiger partial charge is 0.236 e. The highest BCUT2D eigenvalue weighted by Gasteiger charge is 2.35. The maximum atomic E-state index is 12.9. The molecule has 28 heavy (non-hydrogen) atoms. The third-order valence-electron chi connectivity index (χ3n) is 6.09. The lowest BCUT2D eigenvalue weighted by molar-refractivity contribution is -0.139. The molecule has 3 aliphatic heterocycles. The van der Waals surface area contributed by atoms with Crippen molar-refractivity contribution in [3.05, 3.63) is 0 Å². The topological polar surface area (TPSA) is 81.2 Å². The molecule has 160 valence electrons. The van der Waals surface area contributed by atoms with Gasteiger partial charge in [-0.3, -0.25) is 14.5 Å². The molecule has 9 heteroatoms. The first kappa shape index (κ1) is 21.5. The summed E-state index contributed by atoms with van der Waals surface area (Å²) in [7, 11) is -3.25. The molecule has 3 fully saturated rings. The number of nitrogens with zero attached hydrogens (tertiary/aromatic N) is 4. The Balaban J connectivity index is 1.47. The van der Waals surface area contributed by atoms with Crippen LogP contribution in [0.4, 0.5) is 0 Å². The van der Waals surface area contributed by atoms with Crippen molar-refractivity contribution in [2.45, 2.75) is 39.0 Å². The Labute approximate surface area is 168 Å². The van der Waals surface area contributed by atoms with Gasteiger partial charge in [0.1, 0.15) is 0 Å². The molecule has 3 rings (SSSR count). The molecule has 0 bridgehead atoms. The summed E-state index contributed by atoms with van der Waals surface area (Å²) in [4.78, 5) is 31.2. The van der Waals surface area contributed by atoms with Gasteiger partial charge in [-0.1, -0.05) is 6.92 Å². The Morgan fingerprint density at radius 1 is 0.893 bits per heavy atom.